The number of Topliss-reactive ketones (excluding diaryl/α,β-unsaturated/α-hetero) is 1. The summed E-state index contributed by atoms with van der Waals surface area (Å²) < 4.78 is 13.9. The largest absolute Gasteiger partial charge is 0.503 e. The Labute approximate surface area is 194 Å². The van der Waals surface area contributed by atoms with Crippen LogP contribution in [0.3, 0.4) is 0 Å². The van der Waals surface area contributed by atoms with Crippen LogP contribution in [0.25, 0.3) is 0 Å². The molecule has 4 rings (SSSR count). The number of carbonyl (C=O) groups is 2. The maximum Gasteiger partial charge on any atom is 0.294 e. The van der Waals surface area contributed by atoms with Crippen LogP contribution in [0.5, 0.6) is 0 Å². The zero-order valence-corrected chi connectivity index (χ0v) is 18.3. The molecule has 0 aromatic heterocycles. The standard InChI is InChI=1S/C25H18Cl2FNO3/c26-19-11-10-16(13-20(19)27)23-22(21(30)12-9-15-5-2-1-3-6-15)24(31)25(32)29(23)18-8-4-7-17(28)14-18/h1-8,10-11,13-14,23,31H,9,12H2. The van der Waals surface area contributed by atoms with Crippen LogP contribution in [0.15, 0.2) is 84.1 Å². The minimum atomic E-state index is -0.970. The quantitative estimate of drug-likeness (QED) is 0.465. The summed E-state index contributed by atoms with van der Waals surface area (Å²) in [7, 11) is 0. The van der Waals surface area contributed by atoms with Crippen molar-refractivity contribution in [1.29, 1.82) is 0 Å². The minimum absolute atomic E-state index is 0.0476. The van der Waals surface area contributed by atoms with Gasteiger partial charge in [0.15, 0.2) is 11.5 Å². The van der Waals surface area contributed by atoms with E-state index in [1.165, 1.54) is 35.2 Å². The van der Waals surface area contributed by atoms with E-state index in [1.807, 2.05) is 30.3 Å². The highest BCUT2D eigenvalue weighted by Gasteiger charge is 2.44. The lowest BCUT2D eigenvalue weighted by Gasteiger charge is -2.27. The third-order valence-electron chi connectivity index (χ3n) is 5.34. The molecule has 0 spiro atoms. The molecule has 0 radical (unpaired) electrons. The van der Waals surface area contributed by atoms with E-state index in [4.69, 9.17) is 23.2 Å². The molecule has 7 heteroatoms. The Morgan fingerprint density at radius 1 is 0.969 bits per heavy atom. The number of halogens is 3. The van der Waals surface area contributed by atoms with E-state index in [2.05, 4.69) is 0 Å². The van der Waals surface area contributed by atoms with Gasteiger partial charge in [-0.2, -0.15) is 0 Å². The Balaban J connectivity index is 1.76. The van der Waals surface area contributed by atoms with E-state index in [0.29, 0.717) is 17.0 Å². The molecule has 1 atom stereocenters. The minimum Gasteiger partial charge on any atom is -0.503 e. The summed E-state index contributed by atoms with van der Waals surface area (Å²) in [6, 6.07) is 18.6. The molecule has 0 bridgehead atoms. The first-order valence-corrected chi connectivity index (χ1v) is 10.7. The first kappa shape index (κ1) is 22.1. The SMILES string of the molecule is O=C(CCc1ccccc1)C1=C(O)C(=O)N(c2cccc(F)c2)C1c1ccc(Cl)c(Cl)c1. The van der Waals surface area contributed by atoms with Crippen LogP contribution in [-0.4, -0.2) is 16.8 Å². The van der Waals surface area contributed by atoms with Gasteiger partial charge in [-0.15, -0.1) is 0 Å². The summed E-state index contributed by atoms with van der Waals surface area (Å²) in [6.45, 7) is 0. The normalized spacial score (nSPS) is 16.0. The maximum atomic E-state index is 13.9. The van der Waals surface area contributed by atoms with Gasteiger partial charge in [-0.25, -0.2) is 4.39 Å². The predicted molar refractivity (Wildman–Crippen MR) is 123 cm³/mol. The number of hydrogen-bond donors (Lipinski definition) is 1. The molecule has 1 aliphatic rings. The molecular formula is C25H18Cl2FNO3. The fourth-order valence-corrected chi connectivity index (χ4v) is 4.12. The molecule has 0 aliphatic carbocycles. The molecule has 4 nitrogen and oxygen atoms in total. The molecule has 32 heavy (non-hydrogen) atoms. The number of amides is 1. The summed E-state index contributed by atoms with van der Waals surface area (Å²) in [4.78, 5) is 27.5. The summed E-state index contributed by atoms with van der Waals surface area (Å²) in [5.74, 6) is -2.36. The second kappa shape index (κ2) is 9.15. The van der Waals surface area contributed by atoms with Gasteiger partial charge in [-0.3, -0.25) is 14.5 Å². The third-order valence-corrected chi connectivity index (χ3v) is 6.08. The third kappa shape index (κ3) is 4.27. The van der Waals surface area contributed by atoms with Crippen molar-refractivity contribution in [2.24, 2.45) is 0 Å². The van der Waals surface area contributed by atoms with Crippen molar-refractivity contribution in [3.05, 3.63) is 111 Å². The number of rotatable bonds is 6. The number of ketones is 1. The van der Waals surface area contributed by atoms with Gasteiger partial charge in [0.2, 0.25) is 0 Å². The van der Waals surface area contributed by atoms with Gasteiger partial charge in [-0.05, 0) is 47.9 Å². The van der Waals surface area contributed by atoms with Crippen LogP contribution in [0.1, 0.15) is 23.6 Å². The van der Waals surface area contributed by atoms with Gasteiger partial charge in [0.05, 0.1) is 21.7 Å². The van der Waals surface area contributed by atoms with E-state index in [1.54, 1.807) is 12.1 Å². The van der Waals surface area contributed by atoms with E-state index >= 15 is 0 Å². The lowest BCUT2D eigenvalue weighted by molar-refractivity contribution is -0.118. The second-order valence-electron chi connectivity index (χ2n) is 7.40. The summed E-state index contributed by atoms with van der Waals surface area (Å²) in [5, 5.41) is 11.2. The number of aliphatic hydroxyl groups excluding tert-OH is 1. The smallest absolute Gasteiger partial charge is 0.294 e. The fraction of sp³-hybridized carbons (Fsp3) is 0.120. The van der Waals surface area contributed by atoms with Crippen molar-refractivity contribution in [1.82, 2.24) is 0 Å². The molecule has 3 aromatic rings. The molecule has 0 saturated carbocycles. The van der Waals surface area contributed by atoms with Crippen LogP contribution in [0, 0.1) is 5.82 Å². The monoisotopic (exact) mass is 469 g/mol. The summed E-state index contributed by atoms with van der Waals surface area (Å²) >= 11 is 12.2. The summed E-state index contributed by atoms with van der Waals surface area (Å²) in [5.41, 5.74) is 1.60. The summed E-state index contributed by atoms with van der Waals surface area (Å²) in [6.07, 6.45) is 0.532. The molecule has 162 valence electrons. The lowest BCUT2D eigenvalue weighted by Crippen LogP contribution is -2.31. The predicted octanol–water partition coefficient (Wildman–Crippen LogP) is 6.23. The number of nitrogens with zero attached hydrogens (tertiary/aromatic N) is 1. The molecule has 1 unspecified atom stereocenters. The van der Waals surface area contributed by atoms with Crippen LogP contribution in [0.4, 0.5) is 10.1 Å². The van der Waals surface area contributed by atoms with E-state index < -0.39 is 23.5 Å². The van der Waals surface area contributed by atoms with E-state index in [0.717, 1.165) is 5.56 Å². The Bertz CT molecular complexity index is 1230. The van der Waals surface area contributed by atoms with Crippen molar-refractivity contribution in [3.8, 4) is 0 Å². The van der Waals surface area contributed by atoms with Crippen molar-refractivity contribution in [2.75, 3.05) is 4.90 Å². The Kier molecular flexibility index (Phi) is 6.31. The van der Waals surface area contributed by atoms with Crippen molar-refractivity contribution in [3.63, 3.8) is 0 Å². The Morgan fingerprint density at radius 2 is 1.72 bits per heavy atom. The fourth-order valence-electron chi connectivity index (χ4n) is 3.82. The van der Waals surface area contributed by atoms with Crippen LogP contribution >= 0.6 is 23.2 Å². The topological polar surface area (TPSA) is 57.6 Å². The number of carbonyl (C=O) groups excluding carboxylic acids is 2. The van der Waals surface area contributed by atoms with Crippen LogP contribution < -0.4 is 4.90 Å². The van der Waals surface area contributed by atoms with Gasteiger partial charge >= 0.3 is 0 Å². The molecule has 1 N–H and O–H groups in total. The molecule has 1 heterocycles. The first-order chi connectivity index (χ1) is 15.4. The maximum absolute atomic E-state index is 13.9. The second-order valence-corrected chi connectivity index (χ2v) is 8.22. The number of anilines is 1. The molecule has 0 saturated heterocycles. The molecule has 3 aromatic carbocycles. The average molecular weight is 470 g/mol. The molecule has 1 aliphatic heterocycles. The van der Waals surface area contributed by atoms with Gasteiger partial charge in [0.1, 0.15) is 5.82 Å². The Hall–Kier alpha value is -3.15. The van der Waals surface area contributed by atoms with Crippen LogP contribution in [-0.2, 0) is 16.0 Å². The van der Waals surface area contributed by atoms with E-state index in [9.17, 15) is 19.1 Å². The Morgan fingerprint density at radius 3 is 2.41 bits per heavy atom. The van der Waals surface area contributed by atoms with Gasteiger partial charge < -0.3 is 5.11 Å². The molecule has 1 amide bonds. The highest BCUT2D eigenvalue weighted by Crippen LogP contribution is 2.42. The van der Waals surface area contributed by atoms with Gasteiger partial charge in [-0.1, -0.05) is 65.7 Å². The number of aryl methyl sites for hydroxylation is 1. The molecular weight excluding hydrogens is 452 g/mol. The zero-order chi connectivity index (χ0) is 22.8. The number of aliphatic hydroxyl groups is 1. The molecule has 0 fully saturated rings. The average Bonchev–Trinajstić information content (AvgIpc) is 3.05. The highest BCUT2D eigenvalue weighted by molar-refractivity contribution is 6.42. The highest BCUT2D eigenvalue weighted by atomic mass is 35.5. The van der Waals surface area contributed by atoms with E-state index in [-0.39, 0.29) is 28.5 Å². The first-order valence-electron chi connectivity index (χ1n) is 9.91. The van der Waals surface area contributed by atoms with Crippen LogP contribution in [0.2, 0.25) is 10.0 Å². The van der Waals surface area contributed by atoms with Crippen molar-refractivity contribution < 1.29 is 19.1 Å². The van der Waals surface area contributed by atoms with Gasteiger partial charge in [0, 0.05) is 12.1 Å². The van der Waals surface area contributed by atoms with Crippen molar-refractivity contribution in [2.45, 2.75) is 18.9 Å². The number of hydrogen-bond acceptors (Lipinski definition) is 3. The lowest BCUT2D eigenvalue weighted by atomic mass is 9.93. The zero-order valence-electron chi connectivity index (χ0n) is 16.8. The van der Waals surface area contributed by atoms with Gasteiger partial charge in [0.25, 0.3) is 5.91 Å². The number of benzene rings is 3. The van der Waals surface area contributed by atoms with Crippen molar-refractivity contribution >= 4 is 40.6 Å².